The van der Waals surface area contributed by atoms with Crippen molar-refractivity contribution in [3.63, 3.8) is 0 Å². The lowest BCUT2D eigenvalue weighted by Gasteiger charge is -2.17. The normalized spacial score (nSPS) is 12.3. The SMILES string of the molecule is COC(=O)c1ccc(CN(CCC(Cl)c2ccccc2)[SH](=O)=O)nc1. The Hall–Kier alpha value is -1.96. The maximum Gasteiger partial charge on any atom is 0.339 e. The van der Waals surface area contributed by atoms with Crippen LogP contribution < -0.4 is 0 Å². The van der Waals surface area contributed by atoms with Crippen molar-refractivity contribution in [1.82, 2.24) is 9.29 Å². The van der Waals surface area contributed by atoms with Gasteiger partial charge in [0.2, 0.25) is 10.9 Å². The molecule has 0 bridgehead atoms. The van der Waals surface area contributed by atoms with E-state index in [-0.39, 0.29) is 18.5 Å². The molecule has 0 aliphatic rings. The molecule has 0 aliphatic heterocycles. The topological polar surface area (TPSA) is 76.6 Å². The van der Waals surface area contributed by atoms with Gasteiger partial charge in [0.05, 0.1) is 30.3 Å². The third-order valence-electron chi connectivity index (χ3n) is 3.62. The van der Waals surface area contributed by atoms with E-state index in [2.05, 4.69) is 9.72 Å². The summed E-state index contributed by atoms with van der Waals surface area (Å²) in [6.45, 7) is 0.404. The molecule has 0 saturated heterocycles. The molecule has 8 heteroatoms. The van der Waals surface area contributed by atoms with Crippen molar-refractivity contribution in [3.8, 4) is 0 Å². The molecule has 134 valence electrons. The first kappa shape index (κ1) is 19.4. The Morgan fingerprint density at radius 1 is 1.24 bits per heavy atom. The summed E-state index contributed by atoms with van der Waals surface area (Å²) >= 11 is 6.34. The highest BCUT2D eigenvalue weighted by Crippen LogP contribution is 2.24. The zero-order valence-electron chi connectivity index (χ0n) is 13.7. The first-order chi connectivity index (χ1) is 12.0. The molecule has 1 aromatic carbocycles. The van der Waals surface area contributed by atoms with E-state index in [0.717, 1.165) is 5.56 Å². The van der Waals surface area contributed by atoms with Gasteiger partial charge >= 0.3 is 5.97 Å². The number of rotatable bonds is 8. The highest BCUT2D eigenvalue weighted by atomic mass is 35.5. The molecule has 1 heterocycles. The highest BCUT2D eigenvalue weighted by molar-refractivity contribution is 7.69. The molecule has 1 atom stereocenters. The summed E-state index contributed by atoms with van der Waals surface area (Å²) in [6.07, 6.45) is 1.85. The number of ether oxygens (including phenoxy) is 1. The number of thiol groups is 1. The van der Waals surface area contributed by atoms with E-state index < -0.39 is 16.9 Å². The van der Waals surface area contributed by atoms with Gasteiger partial charge in [0.1, 0.15) is 0 Å². The minimum Gasteiger partial charge on any atom is -0.465 e. The average molecular weight is 383 g/mol. The zero-order chi connectivity index (χ0) is 18.2. The molecule has 0 aliphatic carbocycles. The van der Waals surface area contributed by atoms with Crippen LogP contribution in [0, 0.1) is 0 Å². The van der Waals surface area contributed by atoms with Crippen molar-refractivity contribution in [2.24, 2.45) is 0 Å². The molecule has 1 unspecified atom stereocenters. The van der Waals surface area contributed by atoms with Crippen LogP contribution in [0.4, 0.5) is 0 Å². The predicted octanol–water partition coefficient (Wildman–Crippen LogP) is 2.57. The number of alkyl halides is 1. The summed E-state index contributed by atoms with van der Waals surface area (Å²) in [6, 6.07) is 12.7. The minimum absolute atomic E-state index is 0.124. The first-order valence-corrected chi connectivity index (χ1v) is 9.19. The van der Waals surface area contributed by atoms with Crippen LogP contribution in [0.1, 0.15) is 33.4 Å². The number of halogens is 1. The standard InChI is InChI=1S/C17H19ClN2O4S/c1-24-17(21)14-7-8-15(19-11-14)12-20(25(22)23)10-9-16(18)13-5-3-2-4-6-13/h2-8,11,16,25H,9-10,12H2,1H3. The maximum atomic E-state index is 11.5. The number of carbonyl (C=O) groups is 1. The largest absolute Gasteiger partial charge is 0.465 e. The second kappa shape index (κ2) is 9.50. The van der Waals surface area contributed by atoms with Gasteiger partial charge in [0, 0.05) is 12.7 Å². The summed E-state index contributed by atoms with van der Waals surface area (Å²) in [5.74, 6) is -0.487. The molecule has 2 aromatic rings. The van der Waals surface area contributed by atoms with Crippen LogP contribution in [-0.4, -0.2) is 37.3 Å². The zero-order valence-corrected chi connectivity index (χ0v) is 15.3. The molecule has 0 fully saturated rings. The third-order valence-corrected chi connectivity index (χ3v) is 4.90. The number of methoxy groups -OCH3 is 1. The van der Waals surface area contributed by atoms with Crippen LogP contribution in [0.3, 0.4) is 0 Å². The predicted molar refractivity (Wildman–Crippen MR) is 96.0 cm³/mol. The van der Waals surface area contributed by atoms with Crippen molar-refractivity contribution in [2.45, 2.75) is 18.3 Å². The van der Waals surface area contributed by atoms with Crippen LogP contribution in [0.15, 0.2) is 48.7 Å². The maximum absolute atomic E-state index is 11.5. The quantitative estimate of drug-likeness (QED) is 0.431. The molecule has 2 rings (SSSR count). The summed E-state index contributed by atoms with van der Waals surface area (Å²) < 4.78 is 28.9. The second-order valence-corrected chi connectivity index (χ2v) is 6.89. The Labute approximate surface area is 153 Å². The number of pyridine rings is 1. The molecule has 0 saturated carbocycles. The molecule has 6 nitrogen and oxygen atoms in total. The number of hydrogen-bond donors (Lipinski definition) is 1. The Morgan fingerprint density at radius 2 is 1.96 bits per heavy atom. The van der Waals surface area contributed by atoms with Crippen LogP contribution >= 0.6 is 11.6 Å². The van der Waals surface area contributed by atoms with E-state index in [1.54, 1.807) is 12.1 Å². The Kier molecular flexibility index (Phi) is 7.36. The Morgan fingerprint density at radius 3 is 2.52 bits per heavy atom. The minimum atomic E-state index is -2.77. The lowest BCUT2D eigenvalue weighted by atomic mass is 10.1. The van der Waals surface area contributed by atoms with Gasteiger partial charge < -0.3 is 4.74 Å². The van der Waals surface area contributed by atoms with Gasteiger partial charge in [-0.1, -0.05) is 30.3 Å². The first-order valence-electron chi connectivity index (χ1n) is 7.62. The summed E-state index contributed by atoms with van der Waals surface area (Å²) in [7, 11) is -1.48. The molecule has 25 heavy (non-hydrogen) atoms. The average Bonchev–Trinajstić information content (AvgIpc) is 2.65. The van der Waals surface area contributed by atoms with Crippen molar-refractivity contribution in [2.75, 3.05) is 13.7 Å². The van der Waals surface area contributed by atoms with Gasteiger partial charge in [-0.15, -0.1) is 11.6 Å². The number of aromatic nitrogens is 1. The van der Waals surface area contributed by atoms with Gasteiger partial charge in [-0.3, -0.25) is 4.98 Å². The fraction of sp³-hybridized carbons (Fsp3) is 0.294. The van der Waals surface area contributed by atoms with Gasteiger partial charge in [-0.25, -0.2) is 13.2 Å². The Balaban J connectivity index is 1.98. The highest BCUT2D eigenvalue weighted by Gasteiger charge is 2.14. The number of carbonyl (C=O) groups excluding carboxylic acids is 1. The monoisotopic (exact) mass is 382 g/mol. The lowest BCUT2D eigenvalue weighted by Crippen LogP contribution is -2.24. The van der Waals surface area contributed by atoms with Gasteiger partial charge in [-0.05, 0) is 24.1 Å². The smallest absolute Gasteiger partial charge is 0.339 e. The number of nitrogens with zero attached hydrogens (tertiary/aromatic N) is 2. The van der Waals surface area contributed by atoms with Crippen molar-refractivity contribution in [3.05, 3.63) is 65.5 Å². The lowest BCUT2D eigenvalue weighted by molar-refractivity contribution is 0.0600. The molecular weight excluding hydrogens is 364 g/mol. The molecule has 0 spiro atoms. The van der Waals surface area contributed by atoms with E-state index >= 15 is 0 Å². The number of hydrogen-bond acceptors (Lipinski definition) is 5. The van der Waals surface area contributed by atoms with E-state index in [4.69, 9.17) is 11.6 Å². The van der Waals surface area contributed by atoms with Crippen molar-refractivity contribution in [1.29, 1.82) is 0 Å². The second-order valence-electron chi connectivity index (χ2n) is 5.32. The fourth-order valence-corrected chi connectivity index (χ4v) is 3.04. The summed E-state index contributed by atoms with van der Waals surface area (Å²) in [4.78, 5) is 15.5. The van der Waals surface area contributed by atoms with E-state index in [9.17, 15) is 13.2 Å². The third kappa shape index (κ3) is 5.81. The van der Waals surface area contributed by atoms with Gasteiger partial charge in [0.25, 0.3) is 0 Å². The molecule has 0 N–H and O–H groups in total. The molecule has 1 aromatic heterocycles. The van der Waals surface area contributed by atoms with Crippen LogP contribution in [0.2, 0.25) is 0 Å². The van der Waals surface area contributed by atoms with Crippen molar-refractivity contribution >= 4 is 28.5 Å². The van der Waals surface area contributed by atoms with E-state index in [1.807, 2.05) is 30.3 Å². The van der Waals surface area contributed by atoms with Gasteiger partial charge in [-0.2, -0.15) is 4.31 Å². The van der Waals surface area contributed by atoms with Crippen LogP contribution in [-0.2, 0) is 22.2 Å². The summed E-state index contributed by atoms with van der Waals surface area (Å²) in [5, 5.41) is -0.270. The molecule has 0 radical (unpaired) electrons. The number of benzene rings is 1. The molecule has 0 amide bonds. The Bertz CT molecular complexity index is 758. The molecular formula is C17H19ClN2O4S. The van der Waals surface area contributed by atoms with E-state index in [0.29, 0.717) is 17.7 Å². The van der Waals surface area contributed by atoms with Crippen LogP contribution in [0.25, 0.3) is 0 Å². The van der Waals surface area contributed by atoms with Gasteiger partial charge in [0.15, 0.2) is 0 Å². The number of esters is 1. The van der Waals surface area contributed by atoms with Crippen LogP contribution in [0.5, 0.6) is 0 Å². The van der Waals surface area contributed by atoms with Crippen molar-refractivity contribution < 1.29 is 17.9 Å². The van der Waals surface area contributed by atoms with E-state index in [1.165, 1.54) is 17.6 Å². The summed E-state index contributed by atoms with van der Waals surface area (Å²) in [5.41, 5.74) is 1.80. The fourth-order valence-electron chi connectivity index (χ4n) is 2.25.